The molecule has 180 valence electrons. The molecule has 10 heteroatoms. The Morgan fingerprint density at radius 2 is 1.71 bits per heavy atom. The van der Waals surface area contributed by atoms with Crippen molar-refractivity contribution in [3.63, 3.8) is 0 Å². The molecule has 0 spiro atoms. The first-order valence-electron chi connectivity index (χ1n) is 11.0. The number of carbonyl (C=O) groups excluding carboxylic acids is 1. The summed E-state index contributed by atoms with van der Waals surface area (Å²) in [5, 5.41) is 0.959. The predicted molar refractivity (Wildman–Crippen MR) is 136 cm³/mol. The second kappa shape index (κ2) is 10.5. The number of nitrogens with one attached hydrogen (secondary N) is 2. The number of ketones is 1. The van der Waals surface area contributed by atoms with Crippen molar-refractivity contribution in [3.8, 4) is 0 Å². The van der Waals surface area contributed by atoms with Gasteiger partial charge in [-0.15, -0.1) is 0 Å². The molecule has 2 aliphatic rings. The fourth-order valence-electron chi connectivity index (χ4n) is 4.11. The van der Waals surface area contributed by atoms with Crippen LogP contribution in [-0.4, -0.2) is 44.1 Å². The SMILES string of the molecule is CC(=O)c1ccc(CN2CCC(N=C3C=C(Cc4c(Cl)cccc4Cl)NS(=O)(=O)N3)CC2)cc1. The minimum atomic E-state index is -3.76. The van der Waals surface area contributed by atoms with Gasteiger partial charge in [0.25, 0.3) is 0 Å². The molecule has 0 atom stereocenters. The molecule has 2 aromatic carbocycles. The van der Waals surface area contributed by atoms with Crippen LogP contribution in [0.15, 0.2) is 59.2 Å². The van der Waals surface area contributed by atoms with Gasteiger partial charge in [-0.05, 0) is 43.0 Å². The van der Waals surface area contributed by atoms with E-state index in [1.165, 1.54) is 0 Å². The molecule has 1 saturated heterocycles. The number of likely N-dealkylation sites (tertiary alicyclic amines) is 1. The molecule has 7 nitrogen and oxygen atoms in total. The number of allylic oxidation sites excluding steroid dienone is 1. The van der Waals surface area contributed by atoms with Crippen LogP contribution in [0, 0.1) is 0 Å². The van der Waals surface area contributed by atoms with Gasteiger partial charge >= 0.3 is 10.2 Å². The Bertz CT molecular complexity index is 1220. The summed E-state index contributed by atoms with van der Waals surface area (Å²) in [4.78, 5) is 18.5. The summed E-state index contributed by atoms with van der Waals surface area (Å²) in [5.41, 5.74) is 2.99. The summed E-state index contributed by atoms with van der Waals surface area (Å²) >= 11 is 12.5. The smallest absolute Gasteiger partial charge is 0.299 e. The Balaban J connectivity index is 1.40. The van der Waals surface area contributed by atoms with Gasteiger partial charge in [0.1, 0.15) is 5.84 Å². The van der Waals surface area contributed by atoms with Crippen LogP contribution in [0.25, 0.3) is 0 Å². The molecular weight excluding hydrogens is 495 g/mol. The van der Waals surface area contributed by atoms with Gasteiger partial charge in [-0.2, -0.15) is 8.42 Å². The average molecular weight is 521 g/mol. The van der Waals surface area contributed by atoms with Crippen molar-refractivity contribution in [2.24, 2.45) is 4.99 Å². The molecule has 0 unspecified atom stereocenters. The quantitative estimate of drug-likeness (QED) is 0.560. The number of benzene rings is 2. The average Bonchev–Trinajstić information content (AvgIpc) is 2.77. The van der Waals surface area contributed by atoms with Gasteiger partial charge in [-0.3, -0.25) is 24.1 Å². The fraction of sp³-hybridized carbons (Fsp3) is 0.333. The van der Waals surface area contributed by atoms with Crippen LogP contribution < -0.4 is 9.44 Å². The Labute approximate surface area is 210 Å². The lowest BCUT2D eigenvalue weighted by atomic mass is 10.0. The first kappa shape index (κ1) is 24.7. The standard InChI is InChI=1S/C24H26Cl2N4O3S/c1-16(31)18-7-5-17(6-8-18)15-30-11-9-19(10-12-30)27-24-14-20(28-34(32,33)29-24)13-21-22(25)3-2-4-23(21)26/h2-8,14,19,28H,9-13,15H2,1H3,(H,27,29). The zero-order chi connectivity index (χ0) is 24.3. The number of piperidine rings is 1. The minimum Gasteiger partial charge on any atom is -0.299 e. The summed E-state index contributed by atoms with van der Waals surface area (Å²) in [7, 11) is -3.76. The molecule has 2 N–H and O–H groups in total. The second-order valence-corrected chi connectivity index (χ2v) is 10.8. The number of amidine groups is 1. The zero-order valence-corrected chi connectivity index (χ0v) is 21.1. The van der Waals surface area contributed by atoms with E-state index >= 15 is 0 Å². The van der Waals surface area contributed by atoms with E-state index in [1.807, 2.05) is 24.3 Å². The topological polar surface area (TPSA) is 90.9 Å². The lowest BCUT2D eigenvalue weighted by Gasteiger charge is -2.31. The van der Waals surface area contributed by atoms with Gasteiger partial charge in [0.15, 0.2) is 5.78 Å². The second-order valence-electron chi connectivity index (χ2n) is 8.53. The number of halogens is 2. The molecule has 2 heterocycles. The number of aliphatic imine (C=N–C) groups is 1. The summed E-state index contributed by atoms with van der Waals surface area (Å²) in [6.45, 7) is 4.08. The Morgan fingerprint density at radius 1 is 1.06 bits per heavy atom. The van der Waals surface area contributed by atoms with Gasteiger partial charge in [0, 0.05) is 53.4 Å². The van der Waals surface area contributed by atoms with Crippen LogP contribution in [0.4, 0.5) is 0 Å². The Hall–Kier alpha value is -2.39. The first-order valence-corrected chi connectivity index (χ1v) is 13.3. The van der Waals surface area contributed by atoms with Crippen LogP contribution in [0.5, 0.6) is 0 Å². The Morgan fingerprint density at radius 3 is 2.32 bits per heavy atom. The molecule has 0 radical (unpaired) electrons. The van der Waals surface area contributed by atoms with E-state index < -0.39 is 10.2 Å². The number of carbonyl (C=O) groups is 1. The van der Waals surface area contributed by atoms with Crippen LogP contribution >= 0.6 is 23.2 Å². The number of Topliss-reactive ketones (excluding diaryl/α,β-unsaturated/α-hetero) is 1. The number of hydrogen-bond acceptors (Lipinski definition) is 5. The van der Waals surface area contributed by atoms with Crippen molar-refractivity contribution in [1.82, 2.24) is 14.3 Å². The Kier molecular flexibility index (Phi) is 7.62. The maximum absolute atomic E-state index is 12.4. The first-order chi connectivity index (χ1) is 16.2. The molecule has 2 aromatic rings. The monoisotopic (exact) mass is 520 g/mol. The lowest BCUT2D eigenvalue weighted by molar-refractivity contribution is 0.101. The van der Waals surface area contributed by atoms with Crippen molar-refractivity contribution in [2.45, 2.75) is 38.8 Å². The van der Waals surface area contributed by atoms with Gasteiger partial charge in [-0.1, -0.05) is 53.5 Å². The van der Waals surface area contributed by atoms with E-state index in [0.29, 0.717) is 32.7 Å². The van der Waals surface area contributed by atoms with Gasteiger partial charge in [0.2, 0.25) is 0 Å². The number of nitrogens with zero attached hydrogens (tertiary/aromatic N) is 2. The van der Waals surface area contributed by atoms with E-state index in [1.54, 1.807) is 31.2 Å². The highest BCUT2D eigenvalue weighted by molar-refractivity contribution is 7.88. The van der Waals surface area contributed by atoms with Gasteiger partial charge in [-0.25, -0.2) is 0 Å². The molecule has 0 bridgehead atoms. The van der Waals surface area contributed by atoms with Crippen LogP contribution in [0.1, 0.15) is 41.3 Å². The maximum Gasteiger partial charge on any atom is 0.322 e. The molecule has 34 heavy (non-hydrogen) atoms. The van der Waals surface area contributed by atoms with Crippen LogP contribution in [0.3, 0.4) is 0 Å². The zero-order valence-electron chi connectivity index (χ0n) is 18.7. The fourth-order valence-corrected chi connectivity index (χ4v) is 5.55. The van der Waals surface area contributed by atoms with Gasteiger partial charge < -0.3 is 0 Å². The van der Waals surface area contributed by atoms with Crippen molar-refractivity contribution < 1.29 is 13.2 Å². The summed E-state index contributed by atoms with van der Waals surface area (Å²) in [6.07, 6.45) is 3.59. The third kappa shape index (κ3) is 6.39. The van der Waals surface area contributed by atoms with Crippen molar-refractivity contribution in [1.29, 1.82) is 0 Å². The summed E-state index contributed by atoms with van der Waals surface area (Å²) in [5.74, 6) is 0.377. The molecule has 0 saturated carbocycles. The van der Waals surface area contributed by atoms with E-state index in [4.69, 9.17) is 23.2 Å². The summed E-state index contributed by atoms with van der Waals surface area (Å²) < 4.78 is 29.7. The van der Waals surface area contributed by atoms with E-state index in [9.17, 15) is 13.2 Å². The molecule has 0 aliphatic carbocycles. The van der Waals surface area contributed by atoms with Gasteiger partial charge in [0.05, 0.1) is 6.04 Å². The molecule has 4 rings (SSSR count). The van der Waals surface area contributed by atoms with Crippen molar-refractivity contribution in [2.75, 3.05) is 13.1 Å². The predicted octanol–water partition coefficient (Wildman–Crippen LogP) is 4.12. The molecular formula is C24H26Cl2N4O3S. The third-order valence-corrected chi connectivity index (χ3v) is 7.61. The summed E-state index contributed by atoms with van der Waals surface area (Å²) in [6, 6.07) is 12.9. The normalized spacial score (nSPS) is 19.9. The van der Waals surface area contributed by atoms with E-state index in [2.05, 4.69) is 19.3 Å². The largest absolute Gasteiger partial charge is 0.322 e. The minimum absolute atomic E-state index is 0.0218. The molecule has 0 aromatic heterocycles. The highest BCUT2D eigenvalue weighted by Crippen LogP contribution is 2.27. The van der Waals surface area contributed by atoms with Crippen molar-refractivity contribution >= 4 is 45.0 Å². The van der Waals surface area contributed by atoms with Crippen LogP contribution in [-0.2, 0) is 23.2 Å². The highest BCUT2D eigenvalue weighted by Gasteiger charge is 2.24. The van der Waals surface area contributed by atoms with E-state index in [0.717, 1.165) is 38.0 Å². The number of rotatable bonds is 6. The maximum atomic E-state index is 12.4. The third-order valence-electron chi connectivity index (χ3n) is 5.89. The van der Waals surface area contributed by atoms with Crippen molar-refractivity contribution in [3.05, 3.63) is 81.0 Å². The van der Waals surface area contributed by atoms with E-state index in [-0.39, 0.29) is 18.2 Å². The molecule has 1 fully saturated rings. The molecule has 0 amide bonds. The number of hydrogen-bond donors (Lipinski definition) is 2. The van der Waals surface area contributed by atoms with Crippen LogP contribution in [0.2, 0.25) is 10.0 Å². The lowest BCUT2D eigenvalue weighted by Crippen LogP contribution is -2.45. The molecule has 2 aliphatic heterocycles. The highest BCUT2D eigenvalue weighted by atomic mass is 35.5.